The van der Waals surface area contributed by atoms with Crippen molar-refractivity contribution >= 4 is 29.9 Å². The van der Waals surface area contributed by atoms with Gasteiger partial charge in [0.05, 0.1) is 27.4 Å². The van der Waals surface area contributed by atoms with Crippen LogP contribution in [-0.4, -0.2) is 83.0 Å². The van der Waals surface area contributed by atoms with E-state index in [-0.39, 0.29) is 24.0 Å². The van der Waals surface area contributed by atoms with E-state index < -0.39 is 0 Å². The smallest absolute Gasteiger partial charge is 0.194 e. The number of nitrogens with one attached hydrogen (secondary N) is 1. The van der Waals surface area contributed by atoms with Crippen LogP contribution in [0.2, 0.25) is 0 Å². The summed E-state index contributed by atoms with van der Waals surface area (Å²) in [5.41, 5.74) is 1.15. The Balaban J connectivity index is 0.00000364. The first kappa shape index (κ1) is 23.8. The zero-order valence-electron chi connectivity index (χ0n) is 16.9. The van der Waals surface area contributed by atoms with Crippen LogP contribution in [0.1, 0.15) is 12.5 Å². The van der Waals surface area contributed by atoms with E-state index in [2.05, 4.69) is 33.1 Å². The predicted octanol–water partition coefficient (Wildman–Crippen LogP) is 2.05. The Bertz CT molecular complexity index is 578. The number of hydrogen-bond donors (Lipinski definition) is 1. The van der Waals surface area contributed by atoms with Crippen molar-refractivity contribution in [1.82, 2.24) is 15.1 Å². The van der Waals surface area contributed by atoms with Gasteiger partial charge in [0.15, 0.2) is 5.96 Å². The molecular formula is C19H33IN4O3. The zero-order chi connectivity index (χ0) is 18.8. The maximum atomic E-state index is 5.50. The van der Waals surface area contributed by atoms with Crippen molar-refractivity contribution in [3.8, 4) is 11.5 Å². The SMILES string of the molecule is CCNC(=NCCOC)N1CCN(Cc2cc(OC)ccc2OC)CC1.I. The molecule has 8 heteroatoms. The number of aliphatic imine (C=N–C) groups is 1. The van der Waals surface area contributed by atoms with Gasteiger partial charge in [-0.3, -0.25) is 9.89 Å². The first-order valence-corrected chi connectivity index (χ1v) is 9.17. The predicted molar refractivity (Wildman–Crippen MR) is 120 cm³/mol. The van der Waals surface area contributed by atoms with Crippen LogP contribution in [0, 0.1) is 0 Å². The largest absolute Gasteiger partial charge is 0.497 e. The molecule has 1 heterocycles. The number of benzene rings is 1. The lowest BCUT2D eigenvalue weighted by atomic mass is 10.1. The molecule has 0 spiro atoms. The molecule has 7 nitrogen and oxygen atoms in total. The van der Waals surface area contributed by atoms with Crippen molar-refractivity contribution in [3.63, 3.8) is 0 Å². The van der Waals surface area contributed by atoms with Crippen molar-refractivity contribution in [2.45, 2.75) is 13.5 Å². The highest BCUT2D eigenvalue weighted by Crippen LogP contribution is 2.25. The van der Waals surface area contributed by atoms with Gasteiger partial charge in [-0.1, -0.05) is 0 Å². The van der Waals surface area contributed by atoms with Crippen molar-refractivity contribution in [2.75, 3.05) is 67.2 Å². The number of nitrogens with zero attached hydrogens (tertiary/aromatic N) is 3. The maximum absolute atomic E-state index is 5.50. The molecule has 0 amide bonds. The molecule has 0 bridgehead atoms. The van der Waals surface area contributed by atoms with Gasteiger partial charge in [-0.15, -0.1) is 24.0 Å². The first-order valence-electron chi connectivity index (χ1n) is 9.17. The quantitative estimate of drug-likeness (QED) is 0.260. The fourth-order valence-corrected chi connectivity index (χ4v) is 3.03. The first-order chi connectivity index (χ1) is 12.7. The topological polar surface area (TPSA) is 58.6 Å². The Hall–Kier alpha value is -1.26. The van der Waals surface area contributed by atoms with Crippen LogP contribution in [0.25, 0.3) is 0 Å². The molecule has 0 radical (unpaired) electrons. The van der Waals surface area contributed by atoms with E-state index in [1.807, 2.05) is 12.1 Å². The van der Waals surface area contributed by atoms with E-state index in [0.29, 0.717) is 13.2 Å². The minimum absolute atomic E-state index is 0. The normalized spacial score (nSPS) is 15.3. The Morgan fingerprint density at radius 1 is 1.11 bits per heavy atom. The van der Waals surface area contributed by atoms with Gasteiger partial charge in [0.25, 0.3) is 0 Å². The van der Waals surface area contributed by atoms with E-state index in [1.54, 1.807) is 21.3 Å². The maximum Gasteiger partial charge on any atom is 0.194 e. The van der Waals surface area contributed by atoms with Crippen LogP contribution in [0.3, 0.4) is 0 Å². The highest BCUT2D eigenvalue weighted by Gasteiger charge is 2.20. The van der Waals surface area contributed by atoms with Gasteiger partial charge in [-0.05, 0) is 25.1 Å². The third kappa shape index (κ3) is 7.34. The van der Waals surface area contributed by atoms with Crippen LogP contribution in [0.5, 0.6) is 11.5 Å². The minimum atomic E-state index is 0. The molecule has 1 N–H and O–H groups in total. The Morgan fingerprint density at radius 3 is 2.44 bits per heavy atom. The second-order valence-corrected chi connectivity index (χ2v) is 6.17. The fourth-order valence-electron chi connectivity index (χ4n) is 3.03. The Morgan fingerprint density at radius 2 is 1.85 bits per heavy atom. The van der Waals surface area contributed by atoms with E-state index in [1.165, 1.54) is 0 Å². The summed E-state index contributed by atoms with van der Waals surface area (Å²) < 4.78 is 15.9. The van der Waals surface area contributed by atoms with Crippen LogP contribution in [0.15, 0.2) is 23.2 Å². The molecule has 2 rings (SSSR count). The Kier molecular flexibility index (Phi) is 11.5. The van der Waals surface area contributed by atoms with Crippen molar-refractivity contribution in [3.05, 3.63) is 23.8 Å². The lowest BCUT2D eigenvalue weighted by Crippen LogP contribution is -2.52. The average molecular weight is 492 g/mol. The van der Waals surface area contributed by atoms with Gasteiger partial charge in [0, 0.05) is 51.9 Å². The summed E-state index contributed by atoms with van der Waals surface area (Å²) in [6, 6.07) is 5.96. The molecule has 1 aliphatic rings. The molecule has 1 aliphatic heterocycles. The molecule has 0 atom stereocenters. The molecule has 1 aromatic rings. The van der Waals surface area contributed by atoms with Crippen molar-refractivity contribution in [1.29, 1.82) is 0 Å². The van der Waals surface area contributed by atoms with Crippen molar-refractivity contribution in [2.24, 2.45) is 4.99 Å². The minimum Gasteiger partial charge on any atom is -0.497 e. The number of rotatable bonds is 8. The molecule has 27 heavy (non-hydrogen) atoms. The molecule has 1 fully saturated rings. The lowest BCUT2D eigenvalue weighted by Gasteiger charge is -2.36. The molecule has 0 unspecified atom stereocenters. The summed E-state index contributed by atoms with van der Waals surface area (Å²) in [7, 11) is 5.10. The summed E-state index contributed by atoms with van der Waals surface area (Å²) >= 11 is 0. The second-order valence-electron chi connectivity index (χ2n) is 6.17. The third-order valence-corrected chi connectivity index (χ3v) is 4.45. The van der Waals surface area contributed by atoms with Gasteiger partial charge >= 0.3 is 0 Å². The highest BCUT2D eigenvalue weighted by atomic mass is 127. The molecule has 154 valence electrons. The summed E-state index contributed by atoms with van der Waals surface area (Å²) in [4.78, 5) is 9.39. The molecular weight excluding hydrogens is 459 g/mol. The summed E-state index contributed by atoms with van der Waals surface area (Å²) in [6.45, 7) is 9.00. The zero-order valence-corrected chi connectivity index (χ0v) is 19.2. The van der Waals surface area contributed by atoms with E-state index in [4.69, 9.17) is 14.2 Å². The van der Waals surface area contributed by atoms with Gasteiger partial charge < -0.3 is 24.4 Å². The fraction of sp³-hybridized carbons (Fsp3) is 0.632. The van der Waals surface area contributed by atoms with Gasteiger partial charge in [0.1, 0.15) is 11.5 Å². The van der Waals surface area contributed by atoms with Crippen LogP contribution < -0.4 is 14.8 Å². The van der Waals surface area contributed by atoms with Crippen LogP contribution >= 0.6 is 24.0 Å². The molecule has 0 aliphatic carbocycles. The van der Waals surface area contributed by atoms with Gasteiger partial charge in [-0.25, -0.2) is 0 Å². The second kappa shape index (κ2) is 13.0. The monoisotopic (exact) mass is 492 g/mol. The van der Waals surface area contributed by atoms with Crippen LogP contribution in [0.4, 0.5) is 0 Å². The number of halogens is 1. The number of guanidine groups is 1. The number of ether oxygens (including phenoxy) is 3. The molecule has 1 saturated heterocycles. The summed E-state index contributed by atoms with van der Waals surface area (Å²) in [5, 5.41) is 3.37. The van der Waals surface area contributed by atoms with E-state index in [0.717, 1.165) is 62.3 Å². The number of hydrogen-bond acceptors (Lipinski definition) is 5. The summed E-state index contributed by atoms with van der Waals surface area (Å²) in [6.07, 6.45) is 0. The third-order valence-electron chi connectivity index (χ3n) is 4.45. The highest BCUT2D eigenvalue weighted by molar-refractivity contribution is 14.0. The summed E-state index contributed by atoms with van der Waals surface area (Å²) in [5.74, 6) is 2.74. The molecule has 0 aromatic heterocycles. The number of piperazine rings is 1. The number of methoxy groups -OCH3 is 3. The Labute approximate surface area is 180 Å². The van der Waals surface area contributed by atoms with Gasteiger partial charge in [-0.2, -0.15) is 0 Å². The van der Waals surface area contributed by atoms with Gasteiger partial charge in [0.2, 0.25) is 0 Å². The standard InChI is InChI=1S/C19H32N4O3.HI/c1-5-20-19(21-8-13-24-2)23-11-9-22(10-12-23)15-16-14-17(25-3)6-7-18(16)26-4;/h6-7,14H,5,8-13,15H2,1-4H3,(H,20,21);1H. The lowest BCUT2D eigenvalue weighted by molar-refractivity contribution is 0.170. The van der Waals surface area contributed by atoms with Crippen LogP contribution in [-0.2, 0) is 11.3 Å². The molecule has 1 aromatic carbocycles. The molecule has 0 saturated carbocycles. The van der Waals surface area contributed by atoms with Crippen molar-refractivity contribution < 1.29 is 14.2 Å². The van der Waals surface area contributed by atoms with E-state index >= 15 is 0 Å². The average Bonchev–Trinajstić information content (AvgIpc) is 2.68. The van der Waals surface area contributed by atoms with E-state index in [9.17, 15) is 0 Å².